The molecule has 3 heterocycles. The van der Waals surface area contributed by atoms with Crippen molar-refractivity contribution in [3.63, 3.8) is 0 Å². The molecular formula is C23H27F3N4O6. The number of aliphatic carboxylic acids is 1. The smallest absolute Gasteiger partial charge is 0.475 e. The number of hydrogen-bond donors (Lipinski definition) is 4. The van der Waals surface area contributed by atoms with Crippen molar-refractivity contribution in [2.75, 3.05) is 19.6 Å². The Hall–Kier alpha value is -3.48. The van der Waals surface area contributed by atoms with Crippen LogP contribution in [0.5, 0.6) is 0 Å². The van der Waals surface area contributed by atoms with Crippen molar-refractivity contribution >= 4 is 29.6 Å². The molecular weight excluding hydrogens is 485 g/mol. The number of alkyl halides is 3. The Morgan fingerprint density at radius 3 is 2.53 bits per heavy atom. The lowest BCUT2D eigenvalue weighted by molar-refractivity contribution is -0.192. The van der Waals surface area contributed by atoms with Gasteiger partial charge < -0.3 is 20.6 Å². The highest BCUT2D eigenvalue weighted by Gasteiger charge is 2.40. The van der Waals surface area contributed by atoms with Crippen molar-refractivity contribution in [2.45, 2.75) is 51.4 Å². The maximum absolute atomic E-state index is 12.9. The fourth-order valence-corrected chi connectivity index (χ4v) is 4.36. The Balaban J connectivity index is 0.000000454. The summed E-state index contributed by atoms with van der Waals surface area (Å²) in [5.41, 5.74) is 1.71. The molecule has 0 spiro atoms. The van der Waals surface area contributed by atoms with Gasteiger partial charge >= 0.3 is 12.1 Å². The second kappa shape index (κ2) is 10.6. The molecule has 0 saturated carbocycles. The number of hydrogen-bond acceptors (Lipinski definition) is 6. The van der Waals surface area contributed by atoms with Crippen LogP contribution in [0, 0.1) is 5.41 Å². The molecule has 36 heavy (non-hydrogen) atoms. The van der Waals surface area contributed by atoms with Gasteiger partial charge in [-0.2, -0.15) is 13.2 Å². The van der Waals surface area contributed by atoms with Gasteiger partial charge in [-0.15, -0.1) is 0 Å². The van der Waals surface area contributed by atoms with E-state index in [9.17, 15) is 32.3 Å². The molecule has 196 valence electrons. The van der Waals surface area contributed by atoms with E-state index in [-0.39, 0.29) is 29.6 Å². The highest BCUT2D eigenvalue weighted by Crippen LogP contribution is 2.29. The normalized spacial score (nSPS) is 23.8. The third-order valence-electron chi connectivity index (χ3n) is 6.39. The largest absolute Gasteiger partial charge is 0.490 e. The molecule has 0 bridgehead atoms. The van der Waals surface area contributed by atoms with Crippen molar-refractivity contribution in [3.05, 3.63) is 34.9 Å². The summed E-state index contributed by atoms with van der Waals surface area (Å²) in [5, 5.41) is 15.8. The van der Waals surface area contributed by atoms with E-state index in [4.69, 9.17) is 9.90 Å². The van der Waals surface area contributed by atoms with E-state index in [2.05, 4.69) is 22.9 Å². The maximum atomic E-state index is 12.9. The first-order chi connectivity index (χ1) is 16.8. The first-order valence-corrected chi connectivity index (χ1v) is 11.4. The summed E-state index contributed by atoms with van der Waals surface area (Å²) < 4.78 is 31.7. The third-order valence-corrected chi connectivity index (χ3v) is 6.39. The third kappa shape index (κ3) is 6.39. The molecule has 0 aliphatic carbocycles. The number of rotatable bonds is 4. The highest BCUT2D eigenvalue weighted by molar-refractivity contribution is 6.06. The van der Waals surface area contributed by atoms with Crippen molar-refractivity contribution in [3.8, 4) is 0 Å². The van der Waals surface area contributed by atoms with Gasteiger partial charge in [-0.05, 0) is 48.9 Å². The minimum atomic E-state index is -5.08. The zero-order chi connectivity index (χ0) is 26.7. The molecule has 1 aromatic rings. The number of carbonyl (C=O) groups is 5. The minimum Gasteiger partial charge on any atom is -0.475 e. The Labute approximate surface area is 204 Å². The van der Waals surface area contributed by atoms with Gasteiger partial charge in [0.25, 0.3) is 11.8 Å². The molecule has 2 atom stereocenters. The van der Waals surface area contributed by atoms with Gasteiger partial charge in [-0.3, -0.25) is 24.5 Å². The van der Waals surface area contributed by atoms with Crippen LogP contribution < -0.4 is 16.0 Å². The lowest BCUT2D eigenvalue weighted by Crippen LogP contribution is -2.52. The Morgan fingerprint density at radius 2 is 1.94 bits per heavy atom. The first kappa shape index (κ1) is 27.1. The summed E-state index contributed by atoms with van der Waals surface area (Å²) >= 11 is 0. The number of carboxylic acids is 1. The first-order valence-electron chi connectivity index (χ1n) is 11.4. The van der Waals surface area contributed by atoms with E-state index in [0.717, 1.165) is 31.5 Å². The predicted molar refractivity (Wildman–Crippen MR) is 119 cm³/mol. The number of piperidine rings is 2. The van der Waals surface area contributed by atoms with E-state index >= 15 is 0 Å². The Morgan fingerprint density at radius 1 is 1.25 bits per heavy atom. The number of imide groups is 1. The maximum Gasteiger partial charge on any atom is 0.490 e. The van der Waals surface area contributed by atoms with Crippen molar-refractivity contribution in [1.29, 1.82) is 0 Å². The fourth-order valence-electron chi connectivity index (χ4n) is 4.36. The topological polar surface area (TPSA) is 145 Å². The number of nitrogens with zero attached hydrogens (tertiary/aromatic N) is 1. The van der Waals surface area contributed by atoms with Crippen molar-refractivity contribution < 1.29 is 42.3 Å². The van der Waals surface area contributed by atoms with Crippen LogP contribution in [0.25, 0.3) is 0 Å². The zero-order valence-electron chi connectivity index (χ0n) is 19.5. The van der Waals surface area contributed by atoms with Crippen molar-refractivity contribution in [1.82, 2.24) is 20.9 Å². The molecule has 2 fully saturated rings. The van der Waals surface area contributed by atoms with Gasteiger partial charge in [0.05, 0.1) is 0 Å². The molecule has 2 saturated heterocycles. The summed E-state index contributed by atoms with van der Waals surface area (Å²) in [4.78, 5) is 59.4. The van der Waals surface area contributed by atoms with E-state index in [1.165, 1.54) is 4.90 Å². The second-order valence-corrected chi connectivity index (χ2v) is 9.35. The molecule has 4 N–H and O–H groups in total. The number of nitrogens with one attached hydrogen (secondary N) is 3. The van der Waals surface area contributed by atoms with E-state index in [1.54, 1.807) is 18.2 Å². The van der Waals surface area contributed by atoms with Crippen LogP contribution in [0.3, 0.4) is 0 Å². The summed E-state index contributed by atoms with van der Waals surface area (Å²) in [7, 11) is 0. The van der Waals surface area contributed by atoms with Crippen LogP contribution in [-0.2, 0) is 20.9 Å². The number of amides is 4. The number of benzene rings is 1. The SMILES string of the molecule is CC1(CNC(=O)c2ccc3c(c2)C(=O)N(C2CCC(=O)NC2=O)C3)CCCNC1.O=C(O)C(F)(F)F. The average Bonchev–Trinajstić information content (AvgIpc) is 3.13. The Kier molecular flexibility index (Phi) is 8.02. The molecule has 0 radical (unpaired) electrons. The lowest BCUT2D eigenvalue weighted by Gasteiger charge is -2.34. The number of fused-ring (bicyclic) bond motifs is 1. The minimum absolute atomic E-state index is 0.0308. The van der Waals surface area contributed by atoms with Crippen LogP contribution in [0.15, 0.2) is 18.2 Å². The number of halogens is 3. The molecule has 4 rings (SSSR count). The van der Waals surface area contributed by atoms with Gasteiger partial charge in [-0.25, -0.2) is 4.79 Å². The fraction of sp³-hybridized carbons (Fsp3) is 0.522. The standard InChI is InChI=1S/C21H26N4O4.C2HF3O2/c1-21(7-2-8-22-11-21)12-23-18(27)13-3-4-14-10-25(20(29)15(14)9-13)16-5-6-17(26)24-19(16)28;3-2(4,5)1(6)7/h3-4,9,16,22H,2,5-8,10-12H2,1H3,(H,23,27)(H,24,26,28);(H,6,7). The van der Waals surface area contributed by atoms with Crippen LogP contribution in [-0.4, -0.2) is 71.5 Å². The van der Waals surface area contributed by atoms with E-state index in [0.29, 0.717) is 30.6 Å². The second-order valence-electron chi connectivity index (χ2n) is 9.35. The molecule has 4 amide bonds. The molecule has 0 aromatic heterocycles. The molecule has 13 heteroatoms. The molecule has 3 aliphatic heterocycles. The monoisotopic (exact) mass is 512 g/mol. The molecule has 2 unspecified atom stereocenters. The van der Waals surface area contributed by atoms with Crippen LogP contribution in [0.4, 0.5) is 13.2 Å². The Bertz CT molecular complexity index is 1070. The van der Waals surface area contributed by atoms with E-state index < -0.39 is 24.1 Å². The summed E-state index contributed by atoms with van der Waals surface area (Å²) in [5.74, 6) is -3.97. The number of carboxylic acid groups (broad SMARTS) is 1. The van der Waals surface area contributed by atoms with Crippen molar-refractivity contribution in [2.24, 2.45) is 5.41 Å². The average molecular weight is 512 g/mol. The lowest BCUT2D eigenvalue weighted by atomic mass is 9.83. The van der Waals surface area contributed by atoms with Crippen LogP contribution in [0.2, 0.25) is 0 Å². The summed E-state index contributed by atoms with van der Waals surface area (Å²) in [6.07, 6.45) is -2.39. The summed E-state index contributed by atoms with van der Waals surface area (Å²) in [6.45, 7) is 4.93. The van der Waals surface area contributed by atoms with Gasteiger partial charge in [0, 0.05) is 37.2 Å². The van der Waals surface area contributed by atoms with E-state index in [1.807, 2.05) is 0 Å². The van der Waals surface area contributed by atoms with Gasteiger partial charge in [-0.1, -0.05) is 13.0 Å². The van der Waals surface area contributed by atoms with Crippen LogP contribution >= 0.6 is 0 Å². The predicted octanol–water partition coefficient (Wildman–Crippen LogP) is 1.20. The van der Waals surface area contributed by atoms with Crippen LogP contribution in [0.1, 0.15) is 58.9 Å². The zero-order valence-corrected chi connectivity index (χ0v) is 19.5. The van der Waals surface area contributed by atoms with Gasteiger partial charge in [0.1, 0.15) is 6.04 Å². The quantitative estimate of drug-likeness (QED) is 0.444. The van der Waals surface area contributed by atoms with Gasteiger partial charge in [0.15, 0.2) is 0 Å². The molecule has 1 aromatic carbocycles. The molecule has 3 aliphatic rings. The number of carbonyl (C=O) groups excluding carboxylic acids is 4. The van der Waals surface area contributed by atoms with Gasteiger partial charge in [0.2, 0.25) is 11.8 Å². The summed E-state index contributed by atoms with van der Waals surface area (Å²) in [6, 6.07) is 4.46. The molecule has 10 nitrogen and oxygen atoms in total. The highest BCUT2D eigenvalue weighted by atomic mass is 19.4.